The van der Waals surface area contributed by atoms with Gasteiger partial charge in [0, 0.05) is 10.8 Å². The molecule has 0 saturated carbocycles. The Kier molecular flexibility index (Phi) is 3.76. The van der Waals surface area contributed by atoms with Gasteiger partial charge >= 0.3 is 0 Å². The third-order valence-corrected chi connectivity index (χ3v) is 4.36. The first kappa shape index (κ1) is 17.6. The molecule has 0 spiro atoms. The summed E-state index contributed by atoms with van der Waals surface area (Å²) in [6.07, 6.45) is 3.56. The molecule has 12 heteroatoms. The Labute approximate surface area is 166 Å². The summed E-state index contributed by atoms with van der Waals surface area (Å²) in [5.74, 6) is -0.0401. The predicted molar refractivity (Wildman–Crippen MR) is 95.5 cm³/mol. The lowest BCUT2D eigenvalue weighted by atomic mass is 9.99. The lowest BCUT2D eigenvalue weighted by molar-refractivity contribution is 0.436. The number of pyridine rings is 1. The fourth-order valence-electron chi connectivity index (χ4n) is 3.25. The van der Waals surface area contributed by atoms with E-state index in [4.69, 9.17) is 0 Å². The van der Waals surface area contributed by atoms with Crippen LogP contribution in [0.5, 0.6) is 0 Å². The number of nitriles is 6. The topological polar surface area (TPSA) is 188 Å². The highest BCUT2D eigenvalue weighted by atomic mass is 15.8. The van der Waals surface area contributed by atoms with Crippen LogP contribution in [0.3, 0.4) is 0 Å². The van der Waals surface area contributed by atoms with E-state index in [2.05, 4.69) is 10.4 Å². The van der Waals surface area contributed by atoms with Crippen molar-refractivity contribution < 1.29 is 0 Å². The highest BCUT2D eigenvalue weighted by Gasteiger charge is 2.25. The quantitative estimate of drug-likeness (QED) is 0.398. The van der Waals surface area contributed by atoms with Crippen LogP contribution < -0.4 is 0 Å². The Balaban J connectivity index is 2.60. The first-order chi connectivity index (χ1) is 14.6. The van der Waals surface area contributed by atoms with Crippen LogP contribution in [0.25, 0.3) is 22.1 Å². The molecule has 0 saturated heterocycles. The Morgan fingerprint density at radius 2 is 1.53 bits per heavy atom. The van der Waals surface area contributed by atoms with Gasteiger partial charge in [0.2, 0.25) is 12.4 Å². The van der Waals surface area contributed by atoms with Crippen LogP contribution in [0.15, 0.2) is 24.3 Å². The zero-order chi connectivity index (χ0) is 21.4. The van der Waals surface area contributed by atoms with Crippen LogP contribution in [0.2, 0.25) is 0 Å². The van der Waals surface area contributed by atoms with E-state index >= 15 is 0 Å². The first-order valence-electron chi connectivity index (χ1n) is 8.00. The third-order valence-electron chi connectivity index (χ3n) is 4.36. The van der Waals surface area contributed by atoms with Crippen LogP contribution in [0.1, 0.15) is 22.4 Å². The molecule has 136 valence electrons. The standard InChI is InChI=1S/C18H4N12/c19-5-11-3-13(7-21)16-15(4-11)18-27(9-23)25-26-28(10-24)30(18)29-14(8-22)2-1-12(6-20)17(16)29/h1-4H. The van der Waals surface area contributed by atoms with Crippen LogP contribution in [0, 0.1) is 68.2 Å². The largest absolute Gasteiger partial charge is 0.226 e. The second kappa shape index (κ2) is 6.41. The molecule has 2 aliphatic heterocycles. The molecular weight excluding hydrogens is 384 g/mol. The summed E-state index contributed by atoms with van der Waals surface area (Å²) in [5.41, 5.74) is 0.382. The molecule has 12 nitrogen and oxygen atoms in total. The molecule has 0 bridgehead atoms. The minimum absolute atomic E-state index is 0.00404. The van der Waals surface area contributed by atoms with E-state index in [1.54, 1.807) is 12.4 Å². The summed E-state index contributed by atoms with van der Waals surface area (Å²) in [7, 11) is 0. The van der Waals surface area contributed by atoms with Crippen LogP contribution in [-0.2, 0) is 0 Å². The molecule has 30 heavy (non-hydrogen) atoms. The van der Waals surface area contributed by atoms with Crippen molar-refractivity contribution in [1.82, 2.24) is 29.2 Å². The zero-order valence-electron chi connectivity index (χ0n) is 14.7. The highest BCUT2D eigenvalue weighted by Crippen LogP contribution is 2.33. The maximum atomic E-state index is 9.72. The minimum Gasteiger partial charge on any atom is -0.218 e. The Morgan fingerprint density at radius 3 is 2.13 bits per heavy atom. The van der Waals surface area contributed by atoms with Crippen molar-refractivity contribution in [2.45, 2.75) is 0 Å². The van der Waals surface area contributed by atoms with E-state index < -0.39 is 0 Å². The van der Waals surface area contributed by atoms with Crippen molar-refractivity contribution in [2.24, 2.45) is 0 Å². The van der Waals surface area contributed by atoms with Gasteiger partial charge in [-0.15, -0.1) is 9.48 Å². The van der Waals surface area contributed by atoms with Gasteiger partial charge in [-0.2, -0.15) is 31.6 Å². The molecule has 1 aromatic carbocycles. The number of hydrogen-bond donors (Lipinski definition) is 0. The van der Waals surface area contributed by atoms with E-state index in [1.807, 2.05) is 24.3 Å². The summed E-state index contributed by atoms with van der Waals surface area (Å²) in [6.45, 7) is 0. The molecule has 3 heterocycles. The van der Waals surface area contributed by atoms with Crippen molar-refractivity contribution in [3.8, 4) is 42.5 Å². The lowest BCUT2D eigenvalue weighted by Crippen LogP contribution is -2.30. The van der Waals surface area contributed by atoms with Crippen LogP contribution >= 0.6 is 0 Å². The molecule has 2 aromatic rings. The molecule has 4 rings (SSSR count). The van der Waals surface area contributed by atoms with E-state index in [1.165, 1.54) is 28.8 Å². The smallest absolute Gasteiger partial charge is 0.218 e. The van der Waals surface area contributed by atoms with E-state index in [9.17, 15) is 31.6 Å². The normalized spacial score (nSPS) is 9.80. The number of hydrogen-bond acceptors (Lipinski definition) is 8. The molecule has 0 radical (unpaired) electrons. The molecule has 0 amide bonds. The zero-order valence-corrected chi connectivity index (χ0v) is 14.7. The SMILES string of the molecule is N#Cc1cc(C#N)c2c(c1)c1n(C#N)nnn(C#N)n-1n1c(C#N)ccc(C#N)c21. The maximum absolute atomic E-state index is 9.72. The van der Waals surface area contributed by atoms with Crippen molar-refractivity contribution in [3.05, 3.63) is 46.6 Å². The van der Waals surface area contributed by atoms with Gasteiger partial charge in [-0.3, -0.25) is 0 Å². The number of nitrogens with zero attached hydrogens (tertiary/aromatic N) is 12. The second-order valence-corrected chi connectivity index (χ2v) is 5.78. The second-order valence-electron chi connectivity index (χ2n) is 5.78. The van der Waals surface area contributed by atoms with Gasteiger partial charge in [-0.05, 0) is 34.7 Å². The summed E-state index contributed by atoms with van der Waals surface area (Å²) >= 11 is 0. The highest BCUT2D eigenvalue weighted by molar-refractivity contribution is 6.06. The fourth-order valence-corrected chi connectivity index (χ4v) is 3.25. The molecule has 1 aromatic heterocycles. The average Bonchev–Trinajstić information content (AvgIpc) is 2.81. The molecule has 0 aliphatic carbocycles. The summed E-state index contributed by atoms with van der Waals surface area (Å²) in [6, 6.07) is 13.4. The summed E-state index contributed by atoms with van der Waals surface area (Å²) in [5, 5.41) is 65.3. The van der Waals surface area contributed by atoms with Gasteiger partial charge in [0.15, 0.2) is 5.82 Å². The summed E-state index contributed by atoms with van der Waals surface area (Å²) < 4.78 is 1.99. The number of benzene rings is 1. The van der Waals surface area contributed by atoms with Crippen molar-refractivity contribution >= 4 is 16.3 Å². The summed E-state index contributed by atoms with van der Waals surface area (Å²) in [4.78, 5) is 1.79. The lowest BCUT2D eigenvalue weighted by Gasteiger charge is -2.22. The number of fused-ring (bicyclic) bond motifs is 6. The van der Waals surface area contributed by atoms with Crippen molar-refractivity contribution in [2.75, 3.05) is 0 Å². The van der Waals surface area contributed by atoms with Crippen LogP contribution in [0.4, 0.5) is 0 Å². The van der Waals surface area contributed by atoms with Gasteiger partial charge < -0.3 is 0 Å². The maximum Gasteiger partial charge on any atom is 0.226 e. The van der Waals surface area contributed by atoms with Crippen molar-refractivity contribution in [3.63, 3.8) is 0 Å². The molecule has 0 fully saturated rings. The van der Waals surface area contributed by atoms with Gasteiger partial charge in [0.25, 0.3) is 0 Å². The molecule has 0 N–H and O–H groups in total. The number of aromatic nitrogens is 6. The van der Waals surface area contributed by atoms with Gasteiger partial charge in [0.05, 0.1) is 34.3 Å². The molecular formula is C18H4N12. The van der Waals surface area contributed by atoms with Crippen molar-refractivity contribution in [1.29, 1.82) is 31.6 Å². The van der Waals surface area contributed by atoms with Gasteiger partial charge in [0.1, 0.15) is 17.8 Å². The van der Waals surface area contributed by atoms with Gasteiger partial charge in [-0.25, -0.2) is 4.52 Å². The third kappa shape index (κ3) is 2.14. The Hall–Kier alpha value is -5.82. The van der Waals surface area contributed by atoms with E-state index in [-0.39, 0.29) is 44.5 Å². The predicted octanol–water partition coefficient (Wildman–Crippen LogP) is 0.983. The average molecular weight is 388 g/mol. The van der Waals surface area contributed by atoms with E-state index in [0.29, 0.717) is 4.80 Å². The van der Waals surface area contributed by atoms with Gasteiger partial charge in [-0.1, -0.05) is 4.80 Å². The molecule has 2 aliphatic rings. The van der Waals surface area contributed by atoms with E-state index in [0.717, 1.165) is 9.48 Å². The minimum atomic E-state index is -0.0401. The fraction of sp³-hybridized carbons (Fsp3) is 0. The Morgan fingerprint density at radius 1 is 0.767 bits per heavy atom. The number of rotatable bonds is 0. The molecule has 0 atom stereocenters. The van der Waals surface area contributed by atoms with Crippen LogP contribution in [-0.4, -0.2) is 29.2 Å². The monoisotopic (exact) mass is 388 g/mol. The Bertz CT molecular complexity index is 1660. The molecule has 0 unspecified atom stereocenters. The first-order valence-corrected chi connectivity index (χ1v) is 8.00.